The van der Waals surface area contributed by atoms with E-state index in [2.05, 4.69) is 10.6 Å². The van der Waals surface area contributed by atoms with E-state index in [1.165, 1.54) is 11.8 Å². The van der Waals surface area contributed by atoms with E-state index in [1.54, 1.807) is 42.5 Å². The van der Waals surface area contributed by atoms with Crippen LogP contribution in [0.3, 0.4) is 0 Å². The molecular weight excluding hydrogens is 463 g/mol. The van der Waals surface area contributed by atoms with Crippen molar-refractivity contribution in [2.24, 2.45) is 0 Å². The quantitative estimate of drug-likeness (QED) is 0.464. The lowest BCUT2D eigenvalue weighted by Gasteiger charge is -2.10. The summed E-state index contributed by atoms with van der Waals surface area (Å²) in [7, 11) is 0. The van der Waals surface area contributed by atoms with E-state index in [0.717, 1.165) is 0 Å². The van der Waals surface area contributed by atoms with E-state index in [9.17, 15) is 9.59 Å². The largest absolute Gasteiger partial charge is 0.482 e. The number of nitrogens with one attached hydrogen (secondary N) is 2. The highest BCUT2D eigenvalue weighted by atomic mass is 35.5. The fourth-order valence-electron chi connectivity index (χ4n) is 2.21. The third kappa shape index (κ3) is 5.40. The molecule has 0 spiro atoms. The molecule has 0 atom stereocenters. The van der Waals surface area contributed by atoms with Crippen molar-refractivity contribution in [3.63, 3.8) is 0 Å². The molecule has 2 aromatic rings. The molecule has 1 aliphatic rings. The van der Waals surface area contributed by atoms with Crippen molar-refractivity contribution < 1.29 is 14.3 Å². The number of carbonyl (C=O) groups is 2. The van der Waals surface area contributed by atoms with Crippen LogP contribution in [0.5, 0.6) is 5.75 Å². The number of hydrogen-bond acceptors (Lipinski definition) is 5. The summed E-state index contributed by atoms with van der Waals surface area (Å²) >= 11 is 24.1. The Morgan fingerprint density at radius 1 is 1.14 bits per heavy atom. The van der Waals surface area contributed by atoms with Gasteiger partial charge in [0.05, 0.1) is 20.0 Å². The van der Waals surface area contributed by atoms with Crippen LogP contribution >= 0.6 is 58.8 Å². The van der Waals surface area contributed by atoms with Crippen LogP contribution in [0.2, 0.25) is 15.1 Å². The lowest BCUT2D eigenvalue weighted by Crippen LogP contribution is -2.20. The minimum Gasteiger partial charge on any atom is -0.482 e. The normalized spacial score (nSPS) is 14.9. The monoisotopic (exact) mass is 472 g/mol. The molecule has 0 aromatic heterocycles. The van der Waals surface area contributed by atoms with Gasteiger partial charge in [-0.05, 0) is 42.0 Å². The summed E-state index contributed by atoms with van der Waals surface area (Å²) in [5.74, 6) is -0.286. The van der Waals surface area contributed by atoms with Gasteiger partial charge in [-0.25, -0.2) is 0 Å². The third-order valence-corrected chi connectivity index (χ3v) is 5.65. The number of anilines is 1. The predicted molar refractivity (Wildman–Crippen MR) is 118 cm³/mol. The summed E-state index contributed by atoms with van der Waals surface area (Å²) in [6.45, 7) is -0.243. The topological polar surface area (TPSA) is 67.4 Å². The molecule has 0 aliphatic carbocycles. The van der Waals surface area contributed by atoms with E-state index in [1.807, 2.05) is 0 Å². The molecule has 2 N–H and O–H groups in total. The zero-order chi connectivity index (χ0) is 20.3. The Bertz CT molecular complexity index is 1010. The molecule has 3 rings (SSSR count). The van der Waals surface area contributed by atoms with Crippen molar-refractivity contribution in [1.82, 2.24) is 5.32 Å². The second kappa shape index (κ2) is 9.15. The Morgan fingerprint density at radius 2 is 1.93 bits per heavy atom. The van der Waals surface area contributed by atoms with Gasteiger partial charge < -0.3 is 15.4 Å². The standard InChI is InChI=1S/C18H11Cl3N2O3S2/c19-11-3-2-10(7-12(11)20)22-16(24)8-26-14-4-1-9(5-13(14)21)6-15-17(25)23-18(27)28-15/h1-7H,8H2,(H,22,24)(H,23,25,27)/b15-6+. The van der Waals surface area contributed by atoms with Gasteiger partial charge >= 0.3 is 0 Å². The number of rotatable bonds is 5. The average Bonchev–Trinajstić information content (AvgIpc) is 2.94. The highest BCUT2D eigenvalue weighted by molar-refractivity contribution is 8.26. The van der Waals surface area contributed by atoms with Crippen LogP contribution in [0.1, 0.15) is 5.56 Å². The summed E-state index contributed by atoms with van der Waals surface area (Å²) < 4.78 is 5.87. The number of thiocarbonyl (C=S) groups is 1. The Hall–Kier alpha value is -1.77. The van der Waals surface area contributed by atoms with E-state index in [-0.39, 0.29) is 18.4 Å². The van der Waals surface area contributed by atoms with Crippen molar-refractivity contribution in [2.75, 3.05) is 11.9 Å². The smallest absolute Gasteiger partial charge is 0.263 e. The Labute approximate surface area is 185 Å². The number of halogens is 3. The van der Waals surface area contributed by atoms with Gasteiger partial charge in [0.1, 0.15) is 10.1 Å². The second-order valence-electron chi connectivity index (χ2n) is 5.51. The maximum Gasteiger partial charge on any atom is 0.263 e. The molecule has 0 bridgehead atoms. The van der Waals surface area contributed by atoms with Crippen LogP contribution in [0.25, 0.3) is 6.08 Å². The summed E-state index contributed by atoms with van der Waals surface area (Å²) in [5, 5.41) is 6.23. The van der Waals surface area contributed by atoms with Crippen LogP contribution in [-0.4, -0.2) is 22.7 Å². The molecule has 1 heterocycles. The minimum absolute atomic E-state index is 0.243. The van der Waals surface area contributed by atoms with Gasteiger partial charge in [0.25, 0.3) is 11.8 Å². The van der Waals surface area contributed by atoms with Crippen LogP contribution in [0.4, 0.5) is 5.69 Å². The van der Waals surface area contributed by atoms with Crippen LogP contribution in [-0.2, 0) is 9.59 Å². The third-order valence-electron chi connectivity index (χ3n) is 3.46. The molecular formula is C18H11Cl3N2O3S2. The van der Waals surface area contributed by atoms with Crippen molar-refractivity contribution in [2.45, 2.75) is 0 Å². The minimum atomic E-state index is -0.381. The van der Waals surface area contributed by atoms with Gasteiger partial charge in [0.15, 0.2) is 6.61 Å². The van der Waals surface area contributed by atoms with E-state index in [0.29, 0.717) is 41.3 Å². The molecule has 2 aromatic carbocycles. The molecule has 0 saturated carbocycles. The Balaban J connectivity index is 1.61. The molecule has 1 aliphatic heterocycles. The first-order chi connectivity index (χ1) is 13.3. The van der Waals surface area contributed by atoms with Gasteiger partial charge in [0, 0.05) is 5.69 Å². The summed E-state index contributed by atoms with van der Waals surface area (Å²) in [6.07, 6.45) is 1.67. The highest BCUT2D eigenvalue weighted by Crippen LogP contribution is 2.30. The number of hydrogen-bond donors (Lipinski definition) is 2. The van der Waals surface area contributed by atoms with Crippen LogP contribution < -0.4 is 15.4 Å². The summed E-state index contributed by atoms with van der Waals surface area (Å²) in [6, 6.07) is 9.73. The molecule has 5 nitrogen and oxygen atoms in total. The van der Waals surface area contributed by atoms with Gasteiger partial charge in [0.2, 0.25) is 0 Å². The van der Waals surface area contributed by atoms with Crippen molar-refractivity contribution in [3.05, 3.63) is 61.9 Å². The van der Waals surface area contributed by atoms with Crippen molar-refractivity contribution in [1.29, 1.82) is 0 Å². The molecule has 1 saturated heterocycles. The first-order valence-electron chi connectivity index (χ1n) is 7.74. The fraction of sp³-hybridized carbons (Fsp3) is 0.0556. The second-order valence-corrected chi connectivity index (χ2v) is 8.45. The van der Waals surface area contributed by atoms with Crippen LogP contribution in [0, 0.1) is 0 Å². The van der Waals surface area contributed by atoms with Crippen molar-refractivity contribution in [3.8, 4) is 5.75 Å². The number of ether oxygens (including phenoxy) is 1. The predicted octanol–water partition coefficient (Wildman–Crippen LogP) is 5.15. The van der Waals surface area contributed by atoms with E-state index < -0.39 is 0 Å². The Kier molecular flexibility index (Phi) is 6.85. The molecule has 144 valence electrons. The van der Waals surface area contributed by atoms with Gasteiger partial charge in [-0.1, -0.05) is 64.8 Å². The zero-order valence-electron chi connectivity index (χ0n) is 13.9. The molecule has 10 heteroatoms. The molecule has 2 amide bonds. The SMILES string of the molecule is O=C(COc1ccc(/C=C2/SC(=S)NC2=O)cc1Cl)Nc1ccc(Cl)c(Cl)c1. The fourth-order valence-corrected chi connectivity index (χ4v) is 3.80. The Morgan fingerprint density at radius 3 is 2.57 bits per heavy atom. The van der Waals surface area contributed by atoms with Gasteiger partial charge in [-0.15, -0.1) is 0 Å². The van der Waals surface area contributed by atoms with E-state index >= 15 is 0 Å². The average molecular weight is 474 g/mol. The molecule has 1 fully saturated rings. The number of thioether (sulfide) groups is 1. The maximum absolute atomic E-state index is 12.0. The number of amides is 2. The number of carbonyl (C=O) groups excluding carboxylic acids is 2. The molecule has 0 unspecified atom stereocenters. The first-order valence-corrected chi connectivity index (χ1v) is 10.1. The lowest BCUT2D eigenvalue weighted by atomic mass is 10.2. The lowest BCUT2D eigenvalue weighted by molar-refractivity contribution is -0.118. The van der Waals surface area contributed by atoms with Crippen molar-refractivity contribution >= 4 is 86.7 Å². The zero-order valence-corrected chi connectivity index (χ0v) is 17.8. The number of benzene rings is 2. The van der Waals surface area contributed by atoms with Gasteiger partial charge in [-0.3, -0.25) is 9.59 Å². The van der Waals surface area contributed by atoms with Gasteiger partial charge in [-0.2, -0.15) is 0 Å². The maximum atomic E-state index is 12.0. The first kappa shape index (κ1) is 21.0. The molecule has 28 heavy (non-hydrogen) atoms. The summed E-state index contributed by atoms with van der Waals surface area (Å²) in [5.41, 5.74) is 1.21. The highest BCUT2D eigenvalue weighted by Gasteiger charge is 2.22. The summed E-state index contributed by atoms with van der Waals surface area (Å²) in [4.78, 5) is 24.2. The van der Waals surface area contributed by atoms with Crippen LogP contribution in [0.15, 0.2) is 41.3 Å². The molecule has 0 radical (unpaired) electrons. The van der Waals surface area contributed by atoms with E-state index in [4.69, 9.17) is 51.8 Å².